The minimum atomic E-state index is -0.451. The molecule has 0 aliphatic heterocycles. The number of carbonyl (C=O) groups excluding carboxylic acids is 1. The molecular formula is C15H19NO4. The third kappa shape index (κ3) is 3.15. The third-order valence-electron chi connectivity index (χ3n) is 3.95. The molecule has 20 heavy (non-hydrogen) atoms. The first kappa shape index (κ1) is 14.5. The van der Waals surface area contributed by atoms with Gasteiger partial charge in [-0.25, -0.2) is 0 Å². The van der Waals surface area contributed by atoms with Crippen molar-refractivity contribution in [3.8, 4) is 5.75 Å². The summed E-state index contributed by atoms with van der Waals surface area (Å²) in [7, 11) is 1.41. The third-order valence-corrected chi connectivity index (χ3v) is 3.95. The lowest BCUT2D eigenvalue weighted by Gasteiger charge is -2.25. The average molecular weight is 277 g/mol. The number of hydrogen-bond acceptors (Lipinski definition) is 4. The predicted molar refractivity (Wildman–Crippen MR) is 74.9 cm³/mol. The highest BCUT2D eigenvalue weighted by atomic mass is 16.6. The molecule has 1 aromatic carbocycles. The smallest absolute Gasteiger partial charge is 0.311 e. The Morgan fingerprint density at radius 2 is 2.20 bits per heavy atom. The second-order valence-electron chi connectivity index (χ2n) is 5.51. The van der Waals surface area contributed by atoms with E-state index >= 15 is 0 Å². The normalized spacial score (nSPS) is 22.6. The molecule has 1 aliphatic rings. The fourth-order valence-electron chi connectivity index (χ4n) is 2.81. The molecule has 0 aromatic heterocycles. The zero-order valence-corrected chi connectivity index (χ0v) is 11.8. The number of nitrogens with zero attached hydrogens (tertiary/aromatic N) is 1. The Hall–Kier alpha value is -1.91. The highest BCUT2D eigenvalue weighted by Crippen LogP contribution is 2.32. The first-order chi connectivity index (χ1) is 9.51. The number of nitro benzene ring substituents is 1. The van der Waals surface area contributed by atoms with Crippen molar-refractivity contribution < 1.29 is 14.5 Å². The maximum atomic E-state index is 11.9. The zero-order chi connectivity index (χ0) is 14.7. The quantitative estimate of drug-likeness (QED) is 0.626. The lowest BCUT2D eigenvalue weighted by molar-refractivity contribution is -0.385. The molecule has 1 aromatic rings. The Labute approximate surface area is 118 Å². The SMILES string of the molecule is COc1ccc(CC2CC(C)CCC2=O)cc1[N+](=O)[O-]. The molecule has 0 amide bonds. The Morgan fingerprint density at radius 3 is 2.85 bits per heavy atom. The van der Waals surface area contributed by atoms with Crippen LogP contribution in [0.15, 0.2) is 18.2 Å². The van der Waals surface area contributed by atoms with Crippen LogP contribution >= 0.6 is 0 Å². The fraction of sp³-hybridized carbons (Fsp3) is 0.533. The van der Waals surface area contributed by atoms with Gasteiger partial charge in [0, 0.05) is 18.4 Å². The van der Waals surface area contributed by atoms with Crippen molar-refractivity contribution >= 4 is 11.5 Å². The van der Waals surface area contributed by atoms with E-state index in [1.165, 1.54) is 13.2 Å². The van der Waals surface area contributed by atoms with Crippen molar-refractivity contribution in [1.82, 2.24) is 0 Å². The number of benzene rings is 1. The summed E-state index contributed by atoms with van der Waals surface area (Å²) in [5, 5.41) is 11.0. The molecule has 5 heteroatoms. The van der Waals surface area contributed by atoms with Gasteiger partial charge in [-0.15, -0.1) is 0 Å². The number of ketones is 1. The molecular weight excluding hydrogens is 258 g/mol. The van der Waals surface area contributed by atoms with Crippen molar-refractivity contribution in [1.29, 1.82) is 0 Å². The van der Waals surface area contributed by atoms with Gasteiger partial charge in [0.05, 0.1) is 12.0 Å². The van der Waals surface area contributed by atoms with Crippen molar-refractivity contribution in [2.24, 2.45) is 11.8 Å². The molecule has 0 spiro atoms. The molecule has 1 saturated carbocycles. The Kier molecular flexibility index (Phi) is 4.37. The lowest BCUT2D eigenvalue weighted by Crippen LogP contribution is -2.25. The summed E-state index contributed by atoms with van der Waals surface area (Å²) < 4.78 is 4.98. The average Bonchev–Trinajstić information content (AvgIpc) is 2.42. The summed E-state index contributed by atoms with van der Waals surface area (Å²) >= 11 is 0. The van der Waals surface area contributed by atoms with Crippen LogP contribution in [0.5, 0.6) is 5.75 Å². The van der Waals surface area contributed by atoms with E-state index in [9.17, 15) is 14.9 Å². The summed E-state index contributed by atoms with van der Waals surface area (Å²) in [6.45, 7) is 2.15. The summed E-state index contributed by atoms with van der Waals surface area (Å²) in [5.74, 6) is 1.07. The molecule has 2 atom stereocenters. The van der Waals surface area contributed by atoms with Crippen molar-refractivity contribution in [2.75, 3.05) is 7.11 Å². The largest absolute Gasteiger partial charge is 0.490 e. The van der Waals surface area contributed by atoms with Gasteiger partial charge in [-0.2, -0.15) is 0 Å². The van der Waals surface area contributed by atoms with Crippen LogP contribution in [0.4, 0.5) is 5.69 Å². The van der Waals surface area contributed by atoms with E-state index < -0.39 is 4.92 Å². The van der Waals surface area contributed by atoms with Crippen LogP contribution in [-0.4, -0.2) is 17.8 Å². The van der Waals surface area contributed by atoms with Gasteiger partial charge >= 0.3 is 5.69 Å². The number of Topliss-reactive ketones (excluding diaryl/α,β-unsaturated/α-hetero) is 1. The molecule has 108 valence electrons. The fourth-order valence-corrected chi connectivity index (χ4v) is 2.81. The van der Waals surface area contributed by atoms with Crippen molar-refractivity contribution in [3.63, 3.8) is 0 Å². The van der Waals surface area contributed by atoms with Crippen LogP contribution in [0.25, 0.3) is 0 Å². The van der Waals surface area contributed by atoms with Crippen LogP contribution in [0, 0.1) is 22.0 Å². The van der Waals surface area contributed by atoms with Gasteiger partial charge in [0.2, 0.25) is 0 Å². The van der Waals surface area contributed by atoms with E-state index in [2.05, 4.69) is 6.92 Å². The summed E-state index contributed by atoms with van der Waals surface area (Å²) in [4.78, 5) is 22.5. The highest BCUT2D eigenvalue weighted by molar-refractivity contribution is 5.82. The molecule has 0 N–H and O–H groups in total. The summed E-state index contributed by atoms with van der Waals surface area (Å²) in [6.07, 6.45) is 3.04. The number of nitro groups is 1. The van der Waals surface area contributed by atoms with Gasteiger partial charge in [0.1, 0.15) is 5.78 Å². The molecule has 0 saturated heterocycles. The molecule has 0 bridgehead atoms. The second kappa shape index (κ2) is 6.03. The number of methoxy groups -OCH3 is 1. The molecule has 2 unspecified atom stereocenters. The first-order valence-corrected chi connectivity index (χ1v) is 6.85. The minimum Gasteiger partial charge on any atom is -0.490 e. The van der Waals surface area contributed by atoms with Gasteiger partial charge in [0.15, 0.2) is 5.75 Å². The van der Waals surface area contributed by atoms with Crippen LogP contribution < -0.4 is 4.74 Å². The monoisotopic (exact) mass is 277 g/mol. The topological polar surface area (TPSA) is 69.4 Å². The molecule has 5 nitrogen and oxygen atoms in total. The van der Waals surface area contributed by atoms with E-state index in [1.54, 1.807) is 12.1 Å². The van der Waals surface area contributed by atoms with E-state index in [1.807, 2.05) is 0 Å². The van der Waals surface area contributed by atoms with Crippen molar-refractivity contribution in [2.45, 2.75) is 32.6 Å². The number of rotatable bonds is 4. The summed E-state index contributed by atoms with van der Waals surface area (Å²) in [6, 6.07) is 4.92. The lowest BCUT2D eigenvalue weighted by atomic mass is 9.78. The van der Waals surface area contributed by atoms with Crippen LogP contribution in [-0.2, 0) is 11.2 Å². The van der Waals surface area contributed by atoms with Crippen LogP contribution in [0.1, 0.15) is 31.7 Å². The predicted octanol–water partition coefficient (Wildman–Crippen LogP) is 3.15. The zero-order valence-electron chi connectivity index (χ0n) is 11.8. The maximum Gasteiger partial charge on any atom is 0.311 e. The van der Waals surface area contributed by atoms with Gasteiger partial charge in [-0.3, -0.25) is 14.9 Å². The number of carbonyl (C=O) groups is 1. The Balaban J connectivity index is 2.19. The van der Waals surface area contributed by atoms with Crippen LogP contribution in [0.2, 0.25) is 0 Å². The van der Waals surface area contributed by atoms with Crippen LogP contribution in [0.3, 0.4) is 0 Å². The molecule has 1 aliphatic carbocycles. The number of hydrogen-bond donors (Lipinski definition) is 0. The Bertz CT molecular complexity index is 527. The van der Waals surface area contributed by atoms with E-state index in [0.717, 1.165) is 18.4 Å². The second-order valence-corrected chi connectivity index (χ2v) is 5.51. The minimum absolute atomic E-state index is 0.00764. The first-order valence-electron chi connectivity index (χ1n) is 6.85. The molecule has 1 fully saturated rings. The highest BCUT2D eigenvalue weighted by Gasteiger charge is 2.27. The van der Waals surface area contributed by atoms with Gasteiger partial charge in [-0.05, 0) is 36.8 Å². The molecule has 0 radical (unpaired) electrons. The van der Waals surface area contributed by atoms with Gasteiger partial charge in [-0.1, -0.05) is 13.0 Å². The number of ether oxygens (including phenoxy) is 1. The Morgan fingerprint density at radius 1 is 1.45 bits per heavy atom. The van der Waals surface area contributed by atoms with Gasteiger partial charge < -0.3 is 4.74 Å². The van der Waals surface area contributed by atoms with Crippen molar-refractivity contribution in [3.05, 3.63) is 33.9 Å². The van der Waals surface area contributed by atoms with E-state index in [-0.39, 0.29) is 23.1 Å². The maximum absolute atomic E-state index is 11.9. The van der Waals surface area contributed by atoms with Gasteiger partial charge in [0.25, 0.3) is 0 Å². The standard InChI is InChI=1S/C15H19NO4/c1-10-3-5-14(17)12(7-10)8-11-4-6-15(20-2)13(9-11)16(18)19/h4,6,9-10,12H,3,5,7-8H2,1-2H3. The van der Waals surface area contributed by atoms with E-state index in [0.29, 0.717) is 18.8 Å². The molecule has 0 heterocycles. The summed E-state index contributed by atoms with van der Waals surface area (Å²) in [5.41, 5.74) is 0.784. The molecule has 2 rings (SSSR count). The van der Waals surface area contributed by atoms with E-state index in [4.69, 9.17) is 4.74 Å².